The Morgan fingerprint density at radius 3 is 2.95 bits per heavy atom. The number of nitrogens with zero attached hydrogens (tertiary/aromatic N) is 4. The molecule has 0 aliphatic rings. The number of imidazole rings is 1. The van der Waals surface area contributed by atoms with Gasteiger partial charge in [0, 0.05) is 12.6 Å². The van der Waals surface area contributed by atoms with Crippen molar-refractivity contribution in [3.63, 3.8) is 0 Å². The molecule has 2 heterocycles. The van der Waals surface area contributed by atoms with Gasteiger partial charge in [-0.1, -0.05) is 23.7 Å². The topological polar surface area (TPSA) is 80.5 Å². The molecule has 2 N–H and O–H groups in total. The van der Waals surface area contributed by atoms with Crippen LogP contribution in [-0.4, -0.2) is 14.5 Å². The molecule has 20 heavy (non-hydrogen) atoms. The first-order valence-electron chi connectivity index (χ1n) is 5.88. The highest BCUT2D eigenvalue weighted by molar-refractivity contribution is 6.33. The molecule has 0 amide bonds. The van der Waals surface area contributed by atoms with Gasteiger partial charge in [0.25, 0.3) is 0 Å². The molecule has 5 nitrogen and oxygen atoms in total. The average molecular weight is 284 g/mol. The number of hydrogen-bond acceptors (Lipinski definition) is 4. The van der Waals surface area contributed by atoms with E-state index in [0.29, 0.717) is 10.7 Å². The van der Waals surface area contributed by atoms with Crippen LogP contribution in [0.1, 0.15) is 5.69 Å². The first-order valence-corrected chi connectivity index (χ1v) is 6.26. The van der Waals surface area contributed by atoms with E-state index in [9.17, 15) is 0 Å². The van der Waals surface area contributed by atoms with Crippen molar-refractivity contribution in [2.75, 3.05) is 5.73 Å². The van der Waals surface area contributed by atoms with Crippen LogP contribution in [0.5, 0.6) is 0 Å². The molecule has 0 radical (unpaired) electrons. The molecule has 2 aromatic heterocycles. The quantitative estimate of drug-likeness (QED) is 0.744. The predicted molar refractivity (Wildman–Crippen MR) is 78.1 cm³/mol. The zero-order chi connectivity index (χ0) is 14.3. The minimum atomic E-state index is 0.164. The molecule has 0 saturated carbocycles. The van der Waals surface area contributed by atoms with E-state index in [1.807, 2.05) is 35.9 Å². The molecule has 98 valence electrons. The van der Waals surface area contributed by atoms with Gasteiger partial charge in [-0.2, -0.15) is 5.26 Å². The number of para-hydroxylation sites is 1. The van der Waals surface area contributed by atoms with Crippen LogP contribution in [0.2, 0.25) is 5.02 Å². The van der Waals surface area contributed by atoms with E-state index in [1.54, 1.807) is 12.4 Å². The third-order valence-corrected chi connectivity index (χ3v) is 3.41. The van der Waals surface area contributed by atoms with Crippen molar-refractivity contribution in [2.45, 2.75) is 0 Å². The van der Waals surface area contributed by atoms with Crippen molar-refractivity contribution in [1.82, 2.24) is 14.5 Å². The van der Waals surface area contributed by atoms with E-state index < -0.39 is 0 Å². The molecule has 0 aliphatic heterocycles. The van der Waals surface area contributed by atoms with Crippen LogP contribution >= 0.6 is 11.6 Å². The van der Waals surface area contributed by atoms with Gasteiger partial charge in [-0.15, -0.1) is 0 Å². The van der Waals surface area contributed by atoms with Crippen LogP contribution in [0.15, 0.2) is 30.6 Å². The molecule has 0 saturated heterocycles. The lowest BCUT2D eigenvalue weighted by molar-refractivity contribution is 0.948. The molecule has 0 fully saturated rings. The summed E-state index contributed by atoms with van der Waals surface area (Å²) in [5.41, 5.74) is 9.20. The molecule has 0 bridgehead atoms. The van der Waals surface area contributed by atoms with Crippen molar-refractivity contribution in [1.29, 1.82) is 5.26 Å². The molecule has 1 aromatic carbocycles. The van der Waals surface area contributed by atoms with Gasteiger partial charge in [-0.25, -0.2) is 9.97 Å². The maximum absolute atomic E-state index is 9.04. The van der Waals surface area contributed by atoms with Crippen LogP contribution in [0.4, 0.5) is 5.69 Å². The highest BCUT2D eigenvalue weighted by Crippen LogP contribution is 2.32. The summed E-state index contributed by atoms with van der Waals surface area (Å²) >= 11 is 6.21. The minimum Gasteiger partial charge on any atom is -0.396 e. The largest absolute Gasteiger partial charge is 0.396 e. The van der Waals surface area contributed by atoms with Crippen molar-refractivity contribution in [2.24, 2.45) is 7.05 Å². The fourth-order valence-corrected chi connectivity index (χ4v) is 2.39. The predicted octanol–water partition coefficient (Wildman–Crippen LogP) is 2.74. The number of nitriles is 1. The molecule has 6 heteroatoms. The third-order valence-electron chi connectivity index (χ3n) is 3.12. The number of aryl methyl sites for hydroxylation is 1. The fraction of sp³-hybridized carbons (Fsp3) is 0.0714. The van der Waals surface area contributed by atoms with Gasteiger partial charge in [0.1, 0.15) is 6.07 Å². The summed E-state index contributed by atoms with van der Waals surface area (Å²) in [6.45, 7) is 0. The molecule has 3 aromatic rings. The lowest BCUT2D eigenvalue weighted by Gasteiger charge is -2.07. The van der Waals surface area contributed by atoms with Gasteiger partial charge in [0.15, 0.2) is 5.69 Å². The SMILES string of the molecule is Cn1cnc2c(-c3nc(C#N)c(N)cc3Cl)cccc21. The summed E-state index contributed by atoms with van der Waals surface area (Å²) in [4.78, 5) is 8.62. The monoisotopic (exact) mass is 283 g/mol. The van der Waals surface area contributed by atoms with Gasteiger partial charge in [0.2, 0.25) is 0 Å². The van der Waals surface area contributed by atoms with Crippen LogP contribution < -0.4 is 5.73 Å². The molecular weight excluding hydrogens is 274 g/mol. The number of nitrogen functional groups attached to an aromatic ring is 1. The standard InChI is InChI=1S/C14H10ClN5/c1-20-7-18-14-8(3-2-4-12(14)20)13-9(15)5-10(17)11(6-16)19-13/h2-5,7H,17H2,1H3. The summed E-state index contributed by atoms with van der Waals surface area (Å²) in [5.74, 6) is 0. The van der Waals surface area contributed by atoms with E-state index >= 15 is 0 Å². The summed E-state index contributed by atoms with van der Waals surface area (Å²) in [7, 11) is 1.91. The normalized spacial score (nSPS) is 10.7. The molecule has 3 rings (SSSR count). The summed E-state index contributed by atoms with van der Waals surface area (Å²) < 4.78 is 1.91. The van der Waals surface area contributed by atoms with Crippen LogP contribution in [0.3, 0.4) is 0 Å². The third kappa shape index (κ3) is 1.78. The zero-order valence-corrected chi connectivity index (χ0v) is 11.4. The van der Waals surface area contributed by atoms with Gasteiger partial charge < -0.3 is 10.3 Å². The Hall–Kier alpha value is -2.58. The molecular formula is C14H10ClN5. The van der Waals surface area contributed by atoms with E-state index in [4.69, 9.17) is 22.6 Å². The van der Waals surface area contributed by atoms with E-state index in [1.165, 1.54) is 0 Å². The van der Waals surface area contributed by atoms with Crippen molar-refractivity contribution >= 4 is 28.3 Å². The van der Waals surface area contributed by atoms with Gasteiger partial charge in [0.05, 0.1) is 33.8 Å². The zero-order valence-electron chi connectivity index (χ0n) is 10.6. The maximum Gasteiger partial charge on any atom is 0.164 e. The second-order valence-electron chi connectivity index (χ2n) is 4.40. The van der Waals surface area contributed by atoms with Crippen molar-refractivity contribution < 1.29 is 0 Å². The Labute approximate surface area is 120 Å². The van der Waals surface area contributed by atoms with E-state index in [0.717, 1.165) is 16.6 Å². The number of anilines is 1. The van der Waals surface area contributed by atoms with E-state index in [-0.39, 0.29) is 11.4 Å². The van der Waals surface area contributed by atoms with Crippen molar-refractivity contribution in [3.05, 3.63) is 41.3 Å². The number of halogens is 1. The second kappa shape index (κ2) is 4.51. The van der Waals surface area contributed by atoms with Gasteiger partial charge >= 0.3 is 0 Å². The van der Waals surface area contributed by atoms with Crippen molar-refractivity contribution in [3.8, 4) is 17.3 Å². The number of hydrogen-bond donors (Lipinski definition) is 1. The summed E-state index contributed by atoms with van der Waals surface area (Å²) in [6, 6.07) is 9.25. The lowest BCUT2D eigenvalue weighted by Crippen LogP contribution is -1.97. The van der Waals surface area contributed by atoms with Gasteiger partial charge in [-0.3, -0.25) is 0 Å². The van der Waals surface area contributed by atoms with Crippen LogP contribution in [0.25, 0.3) is 22.3 Å². The first-order chi connectivity index (χ1) is 9.61. The van der Waals surface area contributed by atoms with Gasteiger partial charge in [-0.05, 0) is 12.1 Å². The summed E-state index contributed by atoms with van der Waals surface area (Å²) in [6.07, 6.45) is 1.73. The molecule has 0 spiro atoms. The van der Waals surface area contributed by atoms with Crippen LogP contribution in [-0.2, 0) is 7.05 Å². The Morgan fingerprint density at radius 2 is 2.20 bits per heavy atom. The number of rotatable bonds is 1. The number of nitrogens with two attached hydrogens (primary N) is 1. The maximum atomic E-state index is 9.04. The lowest BCUT2D eigenvalue weighted by atomic mass is 10.1. The Kier molecular flexibility index (Phi) is 2.81. The van der Waals surface area contributed by atoms with Crippen LogP contribution in [0, 0.1) is 11.3 Å². The Bertz CT molecular complexity index is 860. The fourth-order valence-electron chi connectivity index (χ4n) is 2.13. The van der Waals surface area contributed by atoms with E-state index in [2.05, 4.69) is 9.97 Å². The molecule has 0 unspecified atom stereocenters. The minimum absolute atomic E-state index is 0.164. The molecule has 0 aliphatic carbocycles. The number of fused-ring (bicyclic) bond motifs is 1. The number of pyridine rings is 1. The average Bonchev–Trinajstić information content (AvgIpc) is 2.81. The Morgan fingerprint density at radius 1 is 1.40 bits per heavy atom. The highest BCUT2D eigenvalue weighted by Gasteiger charge is 2.14. The highest BCUT2D eigenvalue weighted by atomic mass is 35.5. The summed E-state index contributed by atoms with van der Waals surface area (Å²) in [5, 5.41) is 9.45. The number of benzene rings is 1. The first kappa shape index (κ1) is 12.5. The molecule has 0 atom stereocenters. The second-order valence-corrected chi connectivity index (χ2v) is 4.80. The smallest absolute Gasteiger partial charge is 0.164 e. The number of aromatic nitrogens is 3. The Balaban J connectivity index is 2.34.